The highest BCUT2D eigenvalue weighted by Crippen LogP contribution is 2.32. The van der Waals surface area contributed by atoms with E-state index in [9.17, 15) is 13.2 Å². The maximum absolute atomic E-state index is 12.6. The molecular formula is C13H17NO5S. The maximum atomic E-state index is 12.6. The van der Waals surface area contributed by atoms with Crippen LogP contribution in [0.4, 0.5) is 0 Å². The van der Waals surface area contributed by atoms with Crippen molar-refractivity contribution in [1.82, 2.24) is 4.31 Å². The monoisotopic (exact) mass is 299 g/mol. The molecule has 1 aromatic heterocycles. The Kier molecular flexibility index (Phi) is 3.66. The van der Waals surface area contributed by atoms with Gasteiger partial charge in [-0.3, -0.25) is 4.79 Å². The second-order valence-electron chi connectivity index (χ2n) is 5.15. The van der Waals surface area contributed by atoms with Crippen LogP contribution in [0, 0.1) is 0 Å². The Morgan fingerprint density at radius 3 is 2.80 bits per heavy atom. The molecule has 0 spiro atoms. The lowest BCUT2D eigenvalue weighted by molar-refractivity contribution is -0.0589. The summed E-state index contributed by atoms with van der Waals surface area (Å²) in [4.78, 5) is 10.6. The molecule has 1 aromatic rings. The van der Waals surface area contributed by atoms with Crippen molar-refractivity contribution in [3.63, 3.8) is 0 Å². The molecule has 2 aliphatic rings. The summed E-state index contributed by atoms with van der Waals surface area (Å²) in [6, 6.07) is 2.60. The number of rotatable bonds is 3. The normalized spacial score (nSPS) is 28.0. The molecule has 1 aliphatic carbocycles. The van der Waals surface area contributed by atoms with E-state index < -0.39 is 10.0 Å². The molecule has 2 heterocycles. The van der Waals surface area contributed by atoms with Crippen LogP contribution in [0.25, 0.3) is 0 Å². The highest BCUT2D eigenvalue weighted by Gasteiger charge is 2.41. The summed E-state index contributed by atoms with van der Waals surface area (Å²) < 4.78 is 37.5. The van der Waals surface area contributed by atoms with Crippen LogP contribution in [-0.2, 0) is 14.8 Å². The van der Waals surface area contributed by atoms with Crippen LogP contribution in [-0.4, -0.2) is 44.3 Å². The molecule has 0 amide bonds. The first-order valence-corrected chi connectivity index (χ1v) is 8.25. The van der Waals surface area contributed by atoms with Gasteiger partial charge in [0.1, 0.15) is 0 Å². The average Bonchev–Trinajstić information content (AvgIpc) is 2.96. The second-order valence-corrected chi connectivity index (χ2v) is 6.97. The van der Waals surface area contributed by atoms with E-state index in [0.29, 0.717) is 19.4 Å². The molecule has 3 rings (SSSR count). The fourth-order valence-corrected chi connectivity index (χ4v) is 4.60. The van der Waals surface area contributed by atoms with E-state index in [-0.39, 0.29) is 23.0 Å². The fraction of sp³-hybridized carbons (Fsp3) is 0.615. The molecule has 2 atom stereocenters. The molecule has 0 aromatic carbocycles. The molecule has 0 bridgehead atoms. The van der Waals surface area contributed by atoms with E-state index in [0.717, 1.165) is 25.7 Å². The minimum Gasteiger partial charge on any atom is -0.440 e. The Balaban J connectivity index is 1.91. The number of nitrogens with zero attached hydrogens (tertiary/aromatic N) is 1. The number of morpholine rings is 1. The lowest BCUT2D eigenvalue weighted by Crippen LogP contribution is -2.54. The van der Waals surface area contributed by atoms with Gasteiger partial charge >= 0.3 is 0 Å². The molecule has 1 aliphatic heterocycles. The van der Waals surface area contributed by atoms with Crippen LogP contribution in [0.5, 0.6) is 0 Å². The molecule has 2 fully saturated rings. The highest BCUT2D eigenvalue weighted by molar-refractivity contribution is 7.89. The van der Waals surface area contributed by atoms with Gasteiger partial charge in [0, 0.05) is 6.54 Å². The second kappa shape index (κ2) is 5.31. The number of aldehydes is 1. The van der Waals surface area contributed by atoms with Crippen LogP contribution in [0.2, 0.25) is 0 Å². The van der Waals surface area contributed by atoms with Crippen molar-refractivity contribution in [2.45, 2.75) is 42.9 Å². The number of hydrogen-bond acceptors (Lipinski definition) is 5. The number of sulfonamides is 1. The first-order chi connectivity index (χ1) is 9.63. The third kappa shape index (κ3) is 2.30. The summed E-state index contributed by atoms with van der Waals surface area (Å²) in [6.45, 7) is 0.738. The third-order valence-electron chi connectivity index (χ3n) is 3.96. The van der Waals surface area contributed by atoms with Gasteiger partial charge < -0.3 is 9.15 Å². The van der Waals surface area contributed by atoms with Gasteiger partial charge in [0.05, 0.1) is 18.8 Å². The zero-order chi connectivity index (χ0) is 14.2. The molecule has 1 saturated heterocycles. The molecule has 6 nitrogen and oxygen atoms in total. The van der Waals surface area contributed by atoms with Crippen molar-refractivity contribution in [2.75, 3.05) is 13.2 Å². The zero-order valence-electron chi connectivity index (χ0n) is 11.0. The van der Waals surface area contributed by atoms with E-state index in [4.69, 9.17) is 9.15 Å². The van der Waals surface area contributed by atoms with Crippen molar-refractivity contribution in [1.29, 1.82) is 0 Å². The van der Waals surface area contributed by atoms with Gasteiger partial charge in [-0.15, -0.1) is 0 Å². The van der Waals surface area contributed by atoms with Crippen LogP contribution < -0.4 is 0 Å². The minimum absolute atomic E-state index is 0.0206. The van der Waals surface area contributed by atoms with E-state index >= 15 is 0 Å². The van der Waals surface area contributed by atoms with E-state index in [1.54, 1.807) is 0 Å². The number of carbonyl (C=O) groups is 1. The van der Waals surface area contributed by atoms with Crippen molar-refractivity contribution in [2.24, 2.45) is 0 Å². The predicted molar refractivity (Wildman–Crippen MR) is 70.0 cm³/mol. The summed E-state index contributed by atoms with van der Waals surface area (Å²) in [6.07, 6.45) is 4.27. The summed E-state index contributed by atoms with van der Waals surface area (Å²) in [5, 5.41) is -0.161. The number of carbonyl (C=O) groups excluding carboxylic acids is 1. The van der Waals surface area contributed by atoms with Gasteiger partial charge in [-0.2, -0.15) is 4.31 Å². The van der Waals surface area contributed by atoms with Crippen LogP contribution in [0.15, 0.2) is 21.6 Å². The van der Waals surface area contributed by atoms with Gasteiger partial charge in [0.25, 0.3) is 10.0 Å². The summed E-state index contributed by atoms with van der Waals surface area (Å²) in [5.41, 5.74) is 0. The molecule has 1 saturated carbocycles. The maximum Gasteiger partial charge on any atom is 0.276 e. The zero-order valence-corrected chi connectivity index (χ0v) is 11.8. The Morgan fingerprint density at radius 2 is 2.05 bits per heavy atom. The van der Waals surface area contributed by atoms with E-state index in [1.165, 1.54) is 16.4 Å². The van der Waals surface area contributed by atoms with Crippen molar-refractivity contribution < 1.29 is 22.4 Å². The lowest BCUT2D eigenvalue weighted by atomic mass is 9.91. The van der Waals surface area contributed by atoms with E-state index in [2.05, 4.69) is 0 Å². The van der Waals surface area contributed by atoms with Crippen molar-refractivity contribution in [3.8, 4) is 0 Å². The highest BCUT2D eigenvalue weighted by atomic mass is 32.2. The topological polar surface area (TPSA) is 76.8 Å². The molecule has 7 heteroatoms. The fourth-order valence-electron chi connectivity index (χ4n) is 3.01. The van der Waals surface area contributed by atoms with Crippen LogP contribution >= 0.6 is 0 Å². The smallest absolute Gasteiger partial charge is 0.276 e. The largest absolute Gasteiger partial charge is 0.440 e. The summed E-state index contributed by atoms with van der Waals surface area (Å²) >= 11 is 0. The lowest BCUT2D eigenvalue weighted by Gasteiger charge is -2.42. The number of ether oxygens (including phenoxy) is 1. The Labute approximate surface area is 117 Å². The molecular weight excluding hydrogens is 282 g/mol. The molecule has 0 N–H and O–H groups in total. The summed E-state index contributed by atoms with van der Waals surface area (Å²) in [7, 11) is -3.69. The van der Waals surface area contributed by atoms with Gasteiger partial charge in [0.15, 0.2) is 12.0 Å². The van der Waals surface area contributed by atoms with Crippen molar-refractivity contribution >= 4 is 16.3 Å². The Hall–Kier alpha value is -1.18. The number of furan rings is 1. The van der Waals surface area contributed by atoms with Gasteiger partial charge in [-0.1, -0.05) is 12.8 Å². The summed E-state index contributed by atoms with van der Waals surface area (Å²) in [5.74, 6) is 0.0250. The van der Waals surface area contributed by atoms with E-state index in [1.807, 2.05) is 0 Å². The quantitative estimate of drug-likeness (QED) is 0.789. The molecule has 2 unspecified atom stereocenters. The standard InChI is InChI=1S/C13H17NO5S/c15-9-10-5-6-13(19-10)20(16,17)14-7-8-18-12-4-2-1-3-11(12)14/h5-6,9,11-12H,1-4,7-8H2. The molecule has 0 radical (unpaired) electrons. The third-order valence-corrected chi connectivity index (χ3v) is 5.76. The predicted octanol–water partition coefficient (Wildman–Crippen LogP) is 1.42. The van der Waals surface area contributed by atoms with Gasteiger partial charge in [0.2, 0.25) is 5.09 Å². The van der Waals surface area contributed by atoms with Crippen LogP contribution in [0.1, 0.15) is 36.2 Å². The number of fused-ring (bicyclic) bond motifs is 1. The van der Waals surface area contributed by atoms with Crippen molar-refractivity contribution in [3.05, 3.63) is 17.9 Å². The average molecular weight is 299 g/mol. The van der Waals surface area contributed by atoms with Gasteiger partial charge in [-0.25, -0.2) is 8.42 Å². The van der Waals surface area contributed by atoms with Crippen LogP contribution in [0.3, 0.4) is 0 Å². The number of hydrogen-bond donors (Lipinski definition) is 0. The Morgan fingerprint density at radius 1 is 1.25 bits per heavy atom. The SMILES string of the molecule is O=Cc1ccc(S(=O)(=O)N2CCOC3CCCCC32)o1. The van der Waals surface area contributed by atoms with Gasteiger partial charge in [-0.05, 0) is 25.0 Å². The molecule has 20 heavy (non-hydrogen) atoms. The first kappa shape index (κ1) is 13.8. The first-order valence-electron chi connectivity index (χ1n) is 6.81. The Bertz CT molecular complexity index is 592. The molecule has 110 valence electrons. The minimum atomic E-state index is -3.69.